The number of benzene rings is 2. The summed E-state index contributed by atoms with van der Waals surface area (Å²) in [5.74, 6) is 1.65. The molecule has 0 N–H and O–H groups in total. The molecular formula is C20H20N2O6. The van der Waals surface area contributed by atoms with Gasteiger partial charge < -0.3 is 23.4 Å². The van der Waals surface area contributed by atoms with Crippen molar-refractivity contribution in [1.82, 2.24) is 10.2 Å². The number of aromatic nitrogens is 2. The van der Waals surface area contributed by atoms with E-state index in [9.17, 15) is 4.79 Å². The van der Waals surface area contributed by atoms with Gasteiger partial charge in [-0.25, -0.2) is 4.79 Å². The lowest BCUT2D eigenvalue weighted by Crippen LogP contribution is -2.10. The Morgan fingerprint density at radius 1 is 0.929 bits per heavy atom. The number of hydrogen-bond acceptors (Lipinski definition) is 8. The van der Waals surface area contributed by atoms with E-state index in [0.717, 1.165) is 11.3 Å². The van der Waals surface area contributed by atoms with Gasteiger partial charge in [-0.05, 0) is 49.4 Å². The van der Waals surface area contributed by atoms with Crippen molar-refractivity contribution in [2.24, 2.45) is 0 Å². The largest absolute Gasteiger partial charge is 0.497 e. The Morgan fingerprint density at radius 2 is 1.64 bits per heavy atom. The molecule has 1 atom stereocenters. The number of methoxy groups -OCH3 is 3. The van der Waals surface area contributed by atoms with Crippen LogP contribution >= 0.6 is 0 Å². The lowest BCUT2D eigenvalue weighted by atomic mass is 10.2. The average molecular weight is 384 g/mol. The van der Waals surface area contributed by atoms with E-state index in [1.165, 1.54) is 14.2 Å². The number of carbonyl (C=O) groups is 1. The number of carbonyl (C=O) groups excluding carboxylic acids is 1. The van der Waals surface area contributed by atoms with Crippen LogP contribution in [0.2, 0.25) is 0 Å². The van der Waals surface area contributed by atoms with E-state index < -0.39 is 12.1 Å². The summed E-state index contributed by atoms with van der Waals surface area (Å²) < 4.78 is 26.6. The smallest absolute Gasteiger partial charge is 0.339 e. The Bertz CT molecular complexity index is 952. The van der Waals surface area contributed by atoms with Gasteiger partial charge >= 0.3 is 5.97 Å². The Balaban J connectivity index is 1.71. The summed E-state index contributed by atoms with van der Waals surface area (Å²) in [4.78, 5) is 12.4. The molecule has 0 fully saturated rings. The third-order valence-corrected chi connectivity index (χ3v) is 4.03. The zero-order chi connectivity index (χ0) is 20.1. The van der Waals surface area contributed by atoms with Crippen molar-refractivity contribution >= 4 is 5.97 Å². The van der Waals surface area contributed by atoms with E-state index in [0.29, 0.717) is 23.0 Å². The minimum absolute atomic E-state index is 0.194. The van der Waals surface area contributed by atoms with Gasteiger partial charge in [-0.1, -0.05) is 0 Å². The van der Waals surface area contributed by atoms with Crippen molar-refractivity contribution < 1.29 is 28.2 Å². The second-order valence-corrected chi connectivity index (χ2v) is 5.79. The number of rotatable bonds is 7. The first-order chi connectivity index (χ1) is 13.5. The van der Waals surface area contributed by atoms with Gasteiger partial charge in [0.1, 0.15) is 5.75 Å². The van der Waals surface area contributed by atoms with Crippen LogP contribution in [0, 0.1) is 0 Å². The Kier molecular flexibility index (Phi) is 5.78. The molecule has 0 bridgehead atoms. The van der Waals surface area contributed by atoms with Gasteiger partial charge in [0.2, 0.25) is 5.89 Å². The number of hydrogen-bond donors (Lipinski definition) is 0. The van der Waals surface area contributed by atoms with Gasteiger partial charge in [0.25, 0.3) is 5.89 Å². The van der Waals surface area contributed by atoms with Crippen LogP contribution in [0.1, 0.15) is 29.3 Å². The van der Waals surface area contributed by atoms with Gasteiger partial charge in [0.05, 0.1) is 26.9 Å². The first kappa shape index (κ1) is 19.2. The second-order valence-electron chi connectivity index (χ2n) is 5.79. The summed E-state index contributed by atoms with van der Waals surface area (Å²) in [5.41, 5.74) is 1.05. The van der Waals surface area contributed by atoms with Crippen LogP contribution in [-0.4, -0.2) is 37.5 Å². The molecule has 0 spiro atoms. The van der Waals surface area contributed by atoms with Gasteiger partial charge in [0, 0.05) is 5.56 Å². The first-order valence-corrected chi connectivity index (χ1v) is 8.46. The molecule has 1 heterocycles. The van der Waals surface area contributed by atoms with Gasteiger partial charge in [-0.3, -0.25) is 0 Å². The molecule has 0 unspecified atom stereocenters. The molecular weight excluding hydrogens is 364 g/mol. The van der Waals surface area contributed by atoms with Crippen LogP contribution < -0.4 is 14.2 Å². The Labute approximate surface area is 162 Å². The lowest BCUT2D eigenvalue weighted by molar-refractivity contribution is 0.0279. The highest BCUT2D eigenvalue weighted by atomic mass is 16.6. The van der Waals surface area contributed by atoms with E-state index in [-0.39, 0.29) is 5.89 Å². The van der Waals surface area contributed by atoms with Gasteiger partial charge in [-0.2, -0.15) is 0 Å². The highest BCUT2D eigenvalue weighted by Crippen LogP contribution is 2.29. The predicted octanol–water partition coefficient (Wildman–Crippen LogP) is 3.68. The molecule has 0 saturated heterocycles. The second kappa shape index (κ2) is 8.43. The molecule has 0 amide bonds. The number of ether oxygens (including phenoxy) is 4. The van der Waals surface area contributed by atoms with Crippen molar-refractivity contribution in [3.8, 4) is 28.7 Å². The van der Waals surface area contributed by atoms with Crippen molar-refractivity contribution in [1.29, 1.82) is 0 Å². The van der Waals surface area contributed by atoms with Crippen molar-refractivity contribution in [3.05, 3.63) is 53.9 Å². The molecule has 0 aliphatic rings. The van der Waals surface area contributed by atoms with Gasteiger partial charge in [-0.15, -0.1) is 10.2 Å². The minimum atomic E-state index is -0.722. The highest BCUT2D eigenvalue weighted by molar-refractivity contribution is 5.90. The SMILES string of the molecule is COc1ccc(-c2nnc([C@@H](C)OC(=O)c3ccc(OC)c(OC)c3)o2)cc1. The molecule has 8 heteroatoms. The zero-order valence-electron chi connectivity index (χ0n) is 16.0. The quantitative estimate of drug-likeness (QED) is 0.570. The molecule has 3 rings (SSSR count). The Hall–Kier alpha value is -3.55. The molecule has 8 nitrogen and oxygen atoms in total. The molecule has 0 aliphatic heterocycles. The maximum Gasteiger partial charge on any atom is 0.339 e. The maximum absolute atomic E-state index is 12.4. The predicted molar refractivity (Wildman–Crippen MR) is 99.7 cm³/mol. The van der Waals surface area contributed by atoms with Crippen molar-refractivity contribution in [2.75, 3.05) is 21.3 Å². The average Bonchev–Trinajstić information content (AvgIpc) is 3.23. The lowest BCUT2D eigenvalue weighted by Gasteiger charge is -2.11. The molecule has 3 aromatic rings. The molecule has 0 aliphatic carbocycles. The molecule has 146 valence electrons. The fraction of sp³-hybridized carbons (Fsp3) is 0.250. The molecule has 2 aromatic carbocycles. The van der Waals surface area contributed by atoms with Crippen LogP contribution in [0.15, 0.2) is 46.9 Å². The maximum atomic E-state index is 12.4. The third kappa shape index (κ3) is 4.06. The third-order valence-electron chi connectivity index (χ3n) is 4.03. The standard InChI is InChI=1S/C20H20N2O6/c1-12(27-20(23)14-7-10-16(25-3)17(11-14)26-4)18-21-22-19(28-18)13-5-8-15(24-2)9-6-13/h5-12H,1-4H3/t12-/m1/s1. The normalized spacial score (nSPS) is 11.6. The number of nitrogens with zero attached hydrogens (tertiary/aromatic N) is 2. The first-order valence-electron chi connectivity index (χ1n) is 8.46. The van der Waals surface area contributed by atoms with E-state index in [1.807, 2.05) is 0 Å². The number of esters is 1. The summed E-state index contributed by atoms with van der Waals surface area (Å²) >= 11 is 0. The van der Waals surface area contributed by atoms with E-state index in [1.54, 1.807) is 56.5 Å². The summed E-state index contributed by atoms with van der Waals surface area (Å²) in [5, 5.41) is 7.98. The molecule has 0 saturated carbocycles. The van der Waals surface area contributed by atoms with Crippen LogP contribution in [0.3, 0.4) is 0 Å². The minimum Gasteiger partial charge on any atom is -0.497 e. The monoisotopic (exact) mass is 384 g/mol. The fourth-order valence-corrected chi connectivity index (χ4v) is 2.49. The van der Waals surface area contributed by atoms with E-state index >= 15 is 0 Å². The summed E-state index contributed by atoms with van der Waals surface area (Å²) in [6.45, 7) is 1.66. The van der Waals surface area contributed by atoms with Crippen molar-refractivity contribution in [2.45, 2.75) is 13.0 Å². The molecule has 1 aromatic heterocycles. The summed E-state index contributed by atoms with van der Waals surface area (Å²) in [6.07, 6.45) is -0.722. The molecule has 28 heavy (non-hydrogen) atoms. The Morgan fingerprint density at radius 3 is 2.29 bits per heavy atom. The fourth-order valence-electron chi connectivity index (χ4n) is 2.49. The highest BCUT2D eigenvalue weighted by Gasteiger charge is 2.21. The van der Waals surface area contributed by atoms with Gasteiger partial charge in [0.15, 0.2) is 17.6 Å². The summed E-state index contributed by atoms with van der Waals surface area (Å²) in [7, 11) is 4.61. The zero-order valence-corrected chi connectivity index (χ0v) is 16.0. The topological polar surface area (TPSA) is 92.9 Å². The van der Waals surface area contributed by atoms with E-state index in [4.69, 9.17) is 23.4 Å². The van der Waals surface area contributed by atoms with Crippen LogP contribution in [0.5, 0.6) is 17.2 Å². The molecule has 0 radical (unpaired) electrons. The van der Waals surface area contributed by atoms with Crippen molar-refractivity contribution in [3.63, 3.8) is 0 Å². The van der Waals surface area contributed by atoms with Crippen LogP contribution in [-0.2, 0) is 4.74 Å². The van der Waals surface area contributed by atoms with E-state index in [2.05, 4.69) is 10.2 Å². The summed E-state index contributed by atoms with van der Waals surface area (Å²) in [6, 6.07) is 12.0. The van der Waals surface area contributed by atoms with Crippen LogP contribution in [0.25, 0.3) is 11.5 Å². The van der Waals surface area contributed by atoms with Crippen LogP contribution in [0.4, 0.5) is 0 Å².